The third-order valence-corrected chi connectivity index (χ3v) is 3.37. The van der Waals surface area contributed by atoms with E-state index in [1.807, 2.05) is 19.9 Å². The minimum absolute atomic E-state index is 0.206. The lowest BCUT2D eigenvalue weighted by molar-refractivity contribution is -0.118. The average molecular weight is 304 g/mol. The summed E-state index contributed by atoms with van der Waals surface area (Å²) in [7, 11) is 0. The fourth-order valence-electron chi connectivity index (χ4n) is 1.61. The first-order valence-corrected chi connectivity index (χ1v) is 7.35. The molecule has 0 atom stereocenters. The highest BCUT2D eigenvalue weighted by atomic mass is 32.2. The Morgan fingerprint density at radius 2 is 2.10 bits per heavy atom. The number of hydrogen-bond donors (Lipinski definition) is 1. The standard InChI is InChI=1S/C14H16N4O2S/c1-9-7-10(2)16-14(15-9)21-8-13(19)18-17-11(3)12-5-4-6-20-12/h4-7H,8H2,1-3H3,(H,18,19)/b17-11+. The van der Waals surface area contributed by atoms with Crippen molar-refractivity contribution in [1.29, 1.82) is 0 Å². The number of carbonyl (C=O) groups excluding carboxylic acids is 1. The molecular formula is C14H16N4O2S. The van der Waals surface area contributed by atoms with E-state index in [1.54, 1.807) is 25.3 Å². The lowest BCUT2D eigenvalue weighted by Gasteiger charge is -2.03. The summed E-state index contributed by atoms with van der Waals surface area (Å²) >= 11 is 1.28. The number of aromatic nitrogens is 2. The number of thioether (sulfide) groups is 1. The van der Waals surface area contributed by atoms with Gasteiger partial charge < -0.3 is 4.42 Å². The van der Waals surface area contributed by atoms with Crippen LogP contribution in [0.15, 0.2) is 39.1 Å². The van der Waals surface area contributed by atoms with Crippen LogP contribution in [0.5, 0.6) is 0 Å². The second-order valence-corrected chi connectivity index (χ2v) is 5.37. The van der Waals surface area contributed by atoms with Crippen LogP contribution in [0, 0.1) is 13.8 Å². The maximum Gasteiger partial charge on any atom is 0.250 e. The molecule has 0 fully saturated rings. The van der Waals surface area contributed by atoms with Gasteiger partial charge in [-0.1, -0.05) is 11.8 Å². The minimum Gasteiger partial charge on any atom is -0.463 e. The lowest BCUT2D eigenvalue weighted by atomic mass is 10.3. The number of nitrogens with one attached hydrogen (secondary N) is 1. The zero-order valence-corrected chi connectivity index (χ0v) is 12.9. The third kappa shape index (κ3) is 4.71. The quantitative estimate of drug-likeness (QED) is 0.397. The van der Waals surface area contributed by atoms with Gasteiger partial charge in [-0.3, -0.25) is 4.79 Å². The van der Waals surface area contributed by atoms with E-state index in [1.165, 1.54) is 11.8 Å². The normalized spacial score (nSPS) is 11.5. The molecule has 0 saturated carbocycles. The van der Waals surface area contributed by atoms with Gasteiger partial charge in [0.2, 0.25) is 0 Å². The molecule has 0 unspecified atom stereocenters. The molecule has 0 aliphatic heterocycles. The van der Waals surface area contributed by atoms with Crippen LogP contribution >= 0.6 is 11.8 Å². The highest BCUT2D eigenvalue weighted by Crippen LogP contribution is 2.13. The van der Waals surface area contributed by atoms with Gasteiger partial charge in [-0.15, -0.1) is 0 Å². The van der Waals surface area contributed by atoms with Crippen molar-refractivity contribution in [1.82, 2.24) is 15.4 Å². The molecule has 6 nitrogen and oxygen atoms in total. The molecule has 2 aromatic rings. The Hall–Kier alpha value is -2.15. The minimum atomic E-state index is -0.214. The maximum absolute atomic E-state index is 11.7. The molecule has 0 bridgehead atoms. The number of furan rings is 1. The first-order valence-electron chi connectivity index (χ1n) is 6.36. The third-order valence-electron chi connectivity index (χ3n) is 2.52. The van der Waals surface area contributed by atoms with Crippen LogP contribution < -0.4 is 5.43 Å². The number of hydrazone groups is 1. The molecule has 2 heterocycles. The summed E-state index contributed by atoms with van der Waals surface area (Å²) in [5, 5.41) is 4.58. The van der Waals surface area contributed by atoms with Crippen molar-refractivity contribution in [3.05, 3.63) is 41.6 Å². The van der Waals surface area contributed by atoms with Crippen LogP contribution in [0.3, 0.4) is 0 Å². The van der Waals surface area contributed by atoms with E-state index in [9.17, 15) is 4.79 Å². The van der Waals surface area contributed by atoms with Crippen molar-refractivity contribution >= 4 is 23.4 Å². The Kier molecular flexibility index (Phi) is 5.10. The summed E-state index contributed by atoms with van der Waals surface area (Å²) in [6.07, 6.45) is 1.56. The van der Waals surface area contributed by atoms with Gasteiger partial charge in [0.25, 0.3) is 5.91 Å². The van der Waals surface area contributed by atoms with Crippen LogP contribution in [-0.2, 0) is 4.79 Å². The largest absolute Gasteiger partial charge is 0.463 e. The van der Waals surface area contributed by atoms with Gasteiger partial charge >= 0.3 is 0 Å². The molecule has 110 valence electrons. The summed E-state index contributed by atoms with van der Waals surface area (Å²) in [5.41, 5.74) is 4.87. The molecule has 0 aliphatic carbocycles. The maximum atomic E-state index is 11.7. The SMILES string of the molecule is C/C(=N\NC(=O)CSc1nc(C)cc(C)n1)c1ccco1. The van der Waals surface area contributed by atoms with Gasteiger partial charge in [-0.25, -0.2) is 15.4 Å². The number of carbonyl (C=O) groups is 1. The first-order chi connectivity index (χ1) is 10.0. The highest BCUT2D eigenvalue weighted by molar-refractivity contribution is 7.99. The fraction of sp³-hybridized carbons (Fsp3) is 0.286. The second-order valence-electron chi connectivity index (χ2n) is 4.43. The van der Waals surface area contributed by atoms with Gasteiger partial charge in [0.1, 0.15) is 11.5 Å². The number of hydrogen-bond acceptors (Lipinski definition) is 6. The fourth-order valence-corrected chi connectivity index (χ4v) is 2.35. The summed E-state index contributed by atoms with van der Waals surface area (Å²) in [6, 6.07) is 5.44. The van der Waals surface area contributed by atoms with E-state index in [0.717, 1.165) is 11.4 Å². The van der Waals surface area contributed by atoms with Crippen molar-refractivity contribution < 1.29 is 9.21 Å². The van der Waals surface area contributed by atoms with Crippen LogP contribution in [0.25, 0.3) is 0 Å². The molecule has 0 aromatic carbocycles. The van der Waals surface area contributed by atoms with Gasteiger partial charge in [-0.2, -0.15) is 5.10 Å². The molecule has 7 heteroatoms. The van der Waals surface area contributed by atoms with E-state index < -0.39 is 0 Å². The molecule has 2 aromatic heterocycles. The van der Waals surface area contributed by atoms with Crippen LogP contribution in [0.2, 0.25) is 0 Å². The average Bonchev–Trinajstić information content (AvgIpc) is 2.95. The van der Waals surface area contributed by atoms with Gasteiger partial charge in [0.05, 0.1) is 12.0 Å². The zero-order chi connectivity index (χ0) is 15.2. The Morgan fingerprint density at radius 3 is 2.71 bits per heavy atom. The van der Waals surface area contributed by atoms with E-state index in [-0.39, 0.29) is 11.7 Å². The van der Waals surface area contributed by atoms with E-state index in [2.05, 4.69) is 20.5 Å². The Bertz CT molecular complexity index is 633. The molecule has 0 radical (unpaired) electrons. The topological polar surface area (TPSA) is 80.4 Å². The lowest BCUT2D eigenvalue weighted by Crippen LogP contribution is -2.21. The summed E-state index contributed by atoms with van der Waals surface area (Å²) < 4.78 is 5.18. The number of aryl methyl sites for hydroxylation is 2. The number of rotatable bonds is 5. The van der Waals surface area contributed by atoms with Crippen LogP contribution in [0.1, 0.15) is 24.1 Å². The molecular weight excluding hydrogens is 288 g/mol. The van der Waals surface area contributed by atoms with E-state index in [4.69, 9.17) is 4.42 Å². The Labute approximate surface area is 127 Å². The van der Waals surface area contributed by atoms with E-state index >= 15 is 0 Å². The van der Waals surface area contributed by atoms with Crippen molar-refractivity contribution in [3.8, 4) is 0 Å². The predicted octanol–water partition coefficient (Wildman–Crippen LogP) is 2.32. The van der Waals surface area contributed by atoms with Gasteiger partial charge in [-0.05, 0) is 39.0 Å². The van der Waals surface area contributed by atoms with Crippen LogP contribution in [-0.4, -0.2) is 27.3 Å². The van der Waals surface area contributed by atoms with E-state index in [0.29, 0.717) is 16.6 Å². The van der Waals surface area contributed by atoms with Crippen LogP contribution in [0.4, 0.5) is 0 Å². The monoisotopic (exact) mass is 304 g/mol. The summed E-state index contributed by atoms with van der Waals surface area (Å²) in [5.74, 6) is 0.618. The summed E-state index contributed by atoms with van der Waals surface area (Å²) in [4.78, 5) is 20.3. The van der Waals surface area contributed by atoms with Crippen molar-refractivity contribution in [2.45, 2.75) is 25.9 Å². The molecule has 0 aliphatic rings. The second kappa shape index (κ2) is 7.03. The first kappa shape index (κ1) is 15.2. The molecule has 0 saturated heterocycles. The smallest absolute Gasteiger partial charge is 0.250 e. The van der Waals surface area contributed by atoms with Gasteiger partial charge in [0.15, 0.2) is 5.16 Å². The molecule has 1 amide bonds. The number of nitrogens with zero attached hydrogens (tertiary/aromatic N) is 3. The Morgan fingerprint density at radius 1 is 1.38 bits per heavy atom. The molecule has 1 N–H and O–H groups in total. The Balaban J connectivity index is 1.86. The molecule has 0 spiro atoms. The van der Waals surface area contributed by atoms with Crippen molar-refractivity contribution in [2.24, 2.45) is 5.10 Å². The van der Waals surface area contributed by atoms with Crippen molar-refractivity contribution in [3.63, 3.8) is 0 Å². The molecule has 2 rings (SSSR count). The van der Waals surface area contributed by atoms with Gasteiger partial charge in [0, 0.05) is 11.4 Å². The highest BCUT2D eigenvalue weighted by Gasteiger charge is 2.06. The predicted molar refractivity (Wildman–Crippen MR) is 81.3 cm³/mol. The number of amides is 1. The van der Waals surface area contributed by atoms with Crippen molar-refractivity contribution in [2.75, 3.05) is 5.75 Å². The summed E-state index contributed by atoms with van der Waals surface area (Å²) in [6.45, 7) is 5.56. The zero-order valence-electron chi connectivity index (χ0n) is 12.1. The molecule has 21 heavy (non-hydrogen) atoms.